The van der Waals surface area contributed by atoms with E-state index >= 15 is 0 Å². The van der Waals surface area contributed by atoms with E-state index in [-0.39, 0.29) is 0 Å². The second-order valence-corrected chi connectivity index (χ2v) is 4.46. The van der Waals surface area contributed by atoms with Crippen molar-refractivity contribution in [2.75, 3.05) is 18.0 Å². The summed E-state index contributed by atoms with van der Waals surface area (Å²) in [5, 5.41) is 9.13. The van der Waals surface area contributed by atoms with E-state index in [0.717, 1.165) is 29.7 Å². The fraction of sp³-hybridized carbons (Fsp3) is 0.417. The molecule has 0 amide bonds. The average molecular weight is 286 g/mol. The van der Waals surface area contributed by atoms with Crippen molar-refractivity contribution in [1.29, 1.82) is 0 Å². The van der Waals surface area contributed by atoms with Crippen molar-refractivity contribution in [3.63, 3.8) is 0 Å². The standard InChI is InChI=1S/C12H16BrNO2/c1-3-7-14(4-2)11-8-9(13)5-6-10(11)12(15)16/h5-6,8H,3-4,7H2,1-2H3,(H,15,16). The minimum atomic E-state index is -0.878. The van der Waals surface area contributed by atoms with Gasteiger partial charge in [-0.15, -0.1) is 0 Å². The van der Waals surface area contributed by atoms with Gasteiger partial charge in [0.1, 0.15) is 0 Å². The number of nitrogens with zero attached hydrogens (tertiary/aromatic N) is 1. The molecule has 0 atom stereocenters. The first-order valence-electron chi connectivity index (χ1n) is 5.38. The number of halogens is 1. The summed E-state index contributed by atoms with van der Waals surface area (Å²) >= 11 is 3.37. The summed E-state index contributed by atoms with van der Waals surface area (Å²) in [5.74, 6) is -0.878. The van der Waals surface area contributed by atoms with Crippen LogP contribution in [0, 0.1) is 0 Å². The zero-order chi connectivity index (χ0) is 12.1. The summed E-state index contributed by atoms with van der Waals surface area (Å²) in [6.45, 7) is 5.79. The number of hydrogen-bond donors (Lipinski definition) is 1. The Morgan fingerprint density at radius 3 is 2.62 bits per heavy atom. The maximum Gasteiger partial charge on any atom is 0.337 e. The summed E-state index contributed by atoms with van der Waals surface area (Å²) in [6.07, 6.45) is 0.999. The second kappa shape index (κ2) is 5.89. The molecule has 0 aliphatic rings. The van der Waals surface area contributed by atoms with E-state index in [4.69, 9.17) is 5.11 Å². The fourth-order valence-electron chi connectivity index (χ4n) is 1.67. The molecule has 1 N–H and O–H groups in total. The normalized spacial score (nSPS) is 10.2. The van der Waals surface area contributed by atoms with Gasteiger partial charge >= 0.3 is 5.97 Å². The Kier molecular flexibility index (Phi) is 4.80. The molecule has 1 aromatic carbocycles. The van der Waals surface area contributed by atoms with Gasteiger partial charge in [0.25, 0.3) is 0 Å². The molecule has 3 nitrogen and oxygen atoms in total. The lowest BCUT2D eigenvalue weighted by Crippen LogP contribution is -2.25. The van der Waals surface area contributed by atoms with Crippen LogP contribution in [0.25, 0.3) is 0 Å². The first-order chi connectivity index (χ1) is 7.60. The number of carboxylic acid groups (broad SMARTS) is 1. The van der Waals surface area contributed by atoms with Crippen LogP contribution in [-0.4, -0.2) is 24.2 Å². The quantitative estimate of drug-likeness (QED) is 0.902. The SMILES string of the molecule is CCCN(CC)c1cc(Br)ccc1C(=O)O. The molecule has 0 radical (unpaired) electrons. The molecule has 0 aliphatic carbocycles. The Labute approximate surface area is 104 Å². The minimum Gasteiger partial charge on any atom is -0.478 e. The number of anilines is 1. The molecule has 0 bridgehead atoms. The Morgan fingerprint density at radius 2 is 2.12 bits per heavy atom. The molecular formula is C12H16BrNO2. The molecule has 0 spiro atoms. The zero-order valence-electron chi connectivity index (χ0n) is 9.53. The number of carboxylic acids is 1. The topological polar surface area (TPSA) is 40.5 Å². The molecule has 1 rings (SSSR count). The van der Waals surface area contributed by atoms with Crippen LogP contribution in [0.4, 0.5) is 5.69 Å². The lowest BCUT2D eigenvalue weighted by Gasteiger charge is -2.24. The molecule has 0 aliphatic heterocycles. The summed E-state index contributed by atoms with van der Waals surface area (Å²) in [7, 11) is 0. The van der Waals surface area contributed by atoms with Crippen LogP contribution >= 0.6 is 15.9 Å². The van der Waals surface area contributed by atoms with E-state index < -0.39 is 5.97 Å². The molecule has 0 saturated heterocycles. The predicted octanol–water partition coefficient (Wildman–Crippen LogP) is 3.38. The van der Waals surface area contributed by atoms with Gasteiger partial charge in [-0.25, -0.2) is 4.79 Å². The number of carbonyl (C=O) groups is 1. The van der Waals surface area contributed by atoms with Crippen LogP contribution < -0.4 is 4.90 Å². The smallest absolute Gasteiger partial charge is 0.337 e. The van der Waals surface area contributed by atoms with E-state index in [9.17, 15) is 4.79 Å². The Morgan fingerprint density at radius 1 is 1.44 bits per heavy atom. The lowest BCUT2D eigenvalue weighted by atomic mass is 10.1. The van der Waals surface area contributed by atoms with Crippen molar-refractivity contribution < 1.29 is 9.90 Å². The van der Waals surface area contributed by atoms with Gasteiger partial charge in [-0.05, 0) is 31.5 Å². The van der Waals surface area contributed by atoms with Gasteiger partial charge in [0.2, 0.25) is 0 Å². The zero-order valence-corrected chi connectivity index (χ0v) is 11.1. The summed E-state index contributed by atoms with van der Waals surface area (Å²) < 4.78 is 0.905. The maximum atomic E-state index is 11.1. The average Bonchev–Trinajstić information content (AvgIpc) is 2.25. The predicted molar refractivity (Wildman–Crippen MR) is 69.3 cm³/mol. The first kappa shape index (κ1) is 13.0. The third-order valence-corrected chi connectivity index (χ3v) is 2.90. The van der Waals surface area contributed by atoms with E-state index in [1.165, 1.54) is 0 Å². The van der Waals surface area contributed by atoms with Crippen molar-refractivity contribution in [3.8, 4) is 0 Å². The van der Waals surface area contributed by atoms with Gasteiger partial charge in [0.05, 0.1) is 11.3 Å². The van der Waals surface area contributed by atoms with Crippen molar-refractivity contribution >= 4 is 27.6 Å². The number of rotatable bonds is 5. The Bertz CT molecular complexity index is 379. The molecular weight excluding hydrogens is 270 g/mol. The van der Waals surface area contributed by atoms with E-state index in [0.29, 0.717) is 5.56 Å². The van der Waals surface area contributed by atoms with Gasteiger partial charge < -0.3 is 10.0 Å². The highest BCUT2D eigenvalue weighted by atomic mass is 79.9. The third-order valence-electron chi connectivity index (χ3n) is 2.41. The van der Waals surface area contributed by atoms with Gasteiger partial charge in [-0.3, -0.25) is 0 Å². The molecule has 88 valence electrons. The largest absolute Gasteiger partial charge is 0.478 e. The van der Waals surface area contributed by atoms with E-state index in [1.54, 1.807) is 12.1 Å². The van der Waals surface area contributed by atoms with Crippen LogP contribution in [0.1, 0.15) is 30.6 Å². The van der Waals surface area contributed by atoms with Crippen molar-refractivity contribution in [2.45, 2.75) is 20.3 Å². The maximum absolute atomic E-state index is 11.1. The van der Waals surface area contributed by atoms with Crippen LogP contribution in [0.2, 0.25) is 0 Å². The Balaban J connectivity index is 3.16. The molecule has 0 heterocycles. The Hall–Kier alpha value is -1.03. The molecule has 0 saturated carbocycles. The van der Waals surface area contributed by atoms with Crippen molar-refractivity contribution in [1.82, 2.24) is 0 Å². The van der Waals surface area contributed by atoms with Crippen molar-refractivity contribution in [3.05, 3.63) is 28.2 Å². The second-order valence-electron chi connectivity index (χ2n) is 3.55. The van der Waals surface area contributed by atoms with Crippen LogP contribution in [0.3, 0.4) is 0 Å². The number of aromatic carboxylic acids is 1. The minimum absolute atomic E-state index is 0.360. The van der Waals surface area contributed by atoms with E-state index in [1.807, 2.05) is 13.0 Å². The summed E-state index contributed by atoms with van der Waals surface area (Å²) in [6, 6.07) is 5.26. The molecule has 0 aromatic heterocycles. The fourth-order valence-corrected chi connectivity index (χ4v) is 2.02. The van der Waals surface area contributed by atoms with Gasteiger partial charge in [-0.2, -0.15) is 0 Å². The number of benzene rings is 1. The first-order valence-corrected chi connectivity index (χ1v) is 6.17. The van der Waals surface area contributed by atoms with Gasteiger partial charge in [-0.1, -0.05) is 22.9 Å². The lowest BCUT2D eigenvalue weighted by molar-refractivity contribution is 0.0697. The molecule has 4 heteroatoms. The van der Waals surface area contributed by atoms with Crippen LogP contribution in [0.5, 0.6) is 0 Å². The molecule has 1 aromatic rings. The highest BCUT2D eigenvalue weighted by Gasteiger charge is 2.14. The van der Waals surface area contributed by atoms with Gasteiger partial charge in [0.15, 0.2) is 0 Å². The monoisotopic (exact) mass is 285 g/mol. The summed E-state index contributed by atoms with van der Waals surface area (Å²) in [4.78, 5) is 13.2. The molecule has 0 unspecified atom stereocenters. The third kappa shape index (κ3) is 2.98. The highest BCUT2D eigenvalue weighted by Crippen LogP contribution is 2.25. The van der Waals surface area contributed by atoms with E-state index in [2.05, 4.69) is 27.8 Å². The van der Waals surface area contributed by atoms with Crippen molar-refractivity contribution in [2.24, 2.45) is 0 Å². The highest BCUT2D eigenvalue weighted by molar-refractivity contribution is 9.10. The number of hydrogen-bond acceptors (Lipinski definition) is 2. The van der Waals surface area contributed by atoms with Crippen LogP contribution in [0.15, 0.2) is 22.7 Å². The molecule has 16 heavy (non-hydrogen) atoms. The van der Waals surface area contributed by atoms with Gasteiger partial charge in [0, 0.05) is 17.6 Å². The van der Waals surface area contributed by atoms with Crippen LogP contribution in [-0.2, 0) is 0 Å². The summed E-state index contributed by atoms with van der Waals surface area (Å²) in [5.41, 5.74) is 1.14. The molecule has 0 fully saturated rings.